The van der Waals surface area contributed by atoms with E-state index in [-0.39, 0.29) is 5.97 Å². The van der Waals surface area contributed by atoms with Gasteiger partial charge in [0.05, 0.1) is 6.61 Å². The Bertz CT molecular complexity index is 611. The predicted molar refractivity (Wildman–Crippen MR) is 211 cm³/mol. The molecule has 0 aromatic heterocycles. The quantitative estimate of drug-likeness (QED) is 0.0371. The van der Waals surface area contributed by atoms with E-state index in [0.29, 0.717) is 13.0 Å². The van der Waals surface area contributed by atoms with Gasteiger partial charge in [-0.15, -0.1) is 0 Å². The summed E-state index contributed by atoms with van der Waals surface area (Å²) in [7, 11) is 0. The molecule has 1 atom stereocenters. The SMILES string of the molecule is CCCCC=CCCCCCCCC(=O)OCCCCCCCCCCCCCCCCCCCCCCCCCCCC(C)CC. The minimum Gasteiger partial charge on any atom is -0.466 e. The molecule has 1 unspecified atom stereocenters. The molecule has 0 spiro atoms. The molecule has 2 heteroatoms. The number of hydrogen-bond acceptors (Lipinski definition) is 2. The fourth-order valence-electron chi connectivity index (χ4n) is 6.74. The van der Waals surface area contributed by atoms with E-state index in [0.717, 1.165) is 25.2 Å². The number of ether oxygens (including phenoxy) is 1. The molecule has 0 aromatic carbocycles. The lowest BCUT2D eigenvalue weighted by Gasteiger charge is -2.07. The first-order valence-electron chi connectivity index (χ1n) is 22.0. The molecule has 0 aromatic rings. The zero-order valence-corrected chi connectivity index (χ0v) is 32.9. The predicted octanol–water partition coefficient (Wildman–Crippen LogP) is 16.2. The van der Waals surface area contributed by atoms with Gasteiger partial charge < -0.3 is 4.74 Å². The molecule has 0 amide bonds. The number of unbranched alkanes of at least 4 members (excludes halogenated alkanes) is 31. The van der Waals surface area contributed by atoms with Crippen LogP contribution in [0.2, 0.25) is 0 Å². The monoisotopic (exact) mass is 661 g/mol. The van der Waals surface area contributed by atoms with Crippen molar-refractivity contribution >= 4 is 5.97 Å². The van der Waals surface area contributed by atoms with Gasteiger partial charge in [-0.2, -0.15) is 0 Å². The lowest BCUT2D eigenvalue weighted by molar-refractivity contribution is -0.143. The Morgan fingerprint density at radius 1 is 0.447 bits per heavy atom. The first-order valence-corrected chi connectivity index (χ1v) is 22.0. The fourth-order valence-corrected chi connectivity index (χ4v) is 6.74. The van der Waals surface area contributed by atoms with Crippen molar-refractivity contribution in [2.45, 2.75) is 258 Å². The van der Waals surface area contributed by atoms with Crippen LogP contribution in [-0.2, 0) is 9.53 Å². The standard InChI is InChI=1S/C45H88O2/c1-4-6-7-8-9-10-26-30-33-36-39-42-45(46)47-43-40-37-34-31-28-25-23-21-19-17-15-13-11-12-14-16-18-20-22-24-27-29-32-35-38-41-44(3)5-2/h8-9,44H,4-7,10-43H2,1-3H3. The molecule has 0 N–H and O–H groups in total. The average molecular weight is 661 g/mol. The molecular formula is C45H88O2. The van der Waals surface area contributed by atoms with Crippen LogP contribution in [0.25, 0.3) is 0 Å². The van der Waals surface area contributed by atoms with Crippen LogP contribution in [0.15, 0.2) is 12.2 Å². The lowest BCUT2D eigenvalue weighted by atomic mass is 9.99. The Hall–Kier alpha value is -0.790. The van der Waals surface area contributed by atoms with Gasteiger partial charge in [-0.05, 0) is 38.0 Å². The molecule has 47 heavy (non-hydrogen) atoms. The number of hydrogen-bond donors (Lipinski definition) is 0. The Balaban J connectivity index is 3.14. The molecule has 0 fully saturated rings. The third-order valence-corrected chi connectivity index (χ3v) is 10.4. The van der Waals surface area contributed by atoms with E-state index in [9.17, 15) is 4.79 Å². The van der Waals surface area contributed by atoms with Crippen molar-refractivity contribution in [3.8, 4) is 0 Å². The second-order valence-corrected chi connectivity index (χ2v) is 15.3. The van der Waals surface area contributed by atoms with Crippen LogP contribution >= 0.6 is 0 Å². The highest BCUT2D eigenvalue weighted by atomic mass is 16.5. The number of allylic oxidation sites excluding steroid dienone is 2. The van der Waals surface area contributed by atoms with E-state index in [2.05, 4.69) is 32.9 Å². The van der Waals surface area contributed by atoms with Crippen LogP contribution in [0.4, 0.5) is 0 Å². The molecule has 2 nitrogen and oxygen atoms in total. The first-order chi connectivity index (χ1) is 23.2. The van der Waals surface area contributed by atoms with Crippen LogP contribution in [0.3, 0.4) is 0 Å². The summed E-state index contributed by atoms with van der Waals surface area (Å²) in [5.41, 5.74) is 0. The summed E-state index contributed by atoms with van der Waals surface area (Å²) in [6, 6.07) is 0. The van der Waals surface area contributed by atoms with Gasteiger partial charge in [0.25, 0.3) is 0 Å². The maximum absolute atomic E-state index is 11.9. The van der Waals surface area contributed by atoms with E-state index in [1.165, 1.54) is 212 Å². The smallest absolute Gasteiger partial charge is 0.305 e. The second-order valence-electron chi connectivity index (χ2n) is 15.3. The zero-order valence-electron chi connectivity index (χ0n) is 32.9. The summed E-state index contributed by atoms with van der Waals surface area (Å²) in [5, 5.41) is 0. The summed E-state index contributed by atoms with van der Waals surface area (Å²) < 4.78 is 5.45. The molecule has 0 aliphatic rings. The van der Waals surface area contributed by atoms with Crippen molar-refractivity contribution in [2.75, 3.05) is 6.61 Å². The van der Waals surface area contributed by atoms with Crippen LogP contribution in [0.5, 0.6) is 0 Å². The Labute approximate surface area is 297 Å². The topological polar surface area (TPSA) is 26.3 Å². The van der Waals surface area contributed by atoms with E-state index in [1.807, 2.05) is 0 Å². The third kappa shape index (κ3) is 41.3. The Morgan fingerprint density at radius 2 is 0.787 bits per heavy atom. The number of carbonyl (C=O) groups excluding carboxylic acids is 1. The fraction of sp³-hybridized carbons (Fsp3) is 0.933. The van der Waals surface area contributed by atoms with E-state index >= 15 is 0 Å². The number of carbonyl (C=O) groups is 1. The lowest BCUT2D eigenvalue weighted by Crippen LogP contribution is -2.05. The molecule has 0 rings (SSSR count). The van der Waals surface area contributed by atoms with Crippen molar-refractivity contribution < 1.29 is 9.53 Å². The average Bonchev–Trinajstić information content (AvgIpc) is 3.08. The molecule has 0 bridgehead atoms. The van der Waals surface area contributed by atoms with Gasteiger partial charge in [0, 0.05) is 6.42 Å². The normalized spacial score (nSPS) is 12.3. The number of esters is 1. The van der Waals surface area contributed by atoms with Gasteiger partial charge in [-0.3, -0.25) is 4.79 Å². The Kier molecular flexibility index (Phi) is 40.7. The summed E-state index contributed by atoms with van der Waals surface area (Å²) in [4.78, 5) is 11.9. The highest BCUT2D eigenvalue weighted by molar-refractivity contribution is 5.69. The zero-order chi connectivity index (χ0) is 34.1. The molecule has 0 saturated heterocycles. The molecule has 0 radical (unpaired) electrons. The van der Waals surface area contributed by atoms with E-state index in [4.69, 9.17) is 4.74 Å². The minimum absolute atomic E-state index is 0.0173. The molecule has 0 aliphatic carbocycles. The van der Waals surface area contributed by atoms with Crippen molar-refractivity contribution in [3.63, 3.8) is 0 Å². The highest BCUT2D eigenvalue weighted by Gasteiger charge is 2.03. The van der Waals surface area contributed by atoms with Gasteiger partial charge in [0.15, 0.2) is 0 Å². The molecular weight excluding hydrogens is 572 g/mol. The van der Waals surface area contributed by atoms with Crippen molar-refractivity contribution in [1.29, 1.82) is 0 Å². The molecule has 0 heterocycles. The van der Waals surface area contributed by atoms with Gasteiger partial charge in [-0.1, -0.05) is 232 Å². The van der Waals surface area contributed by atoms with Crippen molar-refractivity contribution in [3.05, 3.63) is 12.2 Å². The van der Waals surface area contributed by atoms with Crippen LogP contribution < -0.4 is 0 Å². The maximum Gasteiger partial charge on any atom is 0.305 e. The van der Waals surface area contributed by atoms with Crippen molar-refractivity contribution in [2.24, 2.45) is 5.92 Å². The third-order valence-electron chi connectivity index (χ3n) is 10.4. The maximum atomic E-state index is 11.9. The number of rotatable bonds is 40. The van der Waals surface area contributed by atoms with Crippen LogP contribution in [0.1, 0.15) is 258 Å². The van der Waals surface area contributed by atoms with Gasteiger partial charge >= 0.3 is 5.97 Å². The van der Waals surface area contributed by atoms with Gasteiger partial charge in [-0.25, -0.2) is 0 Å². The Morgan fingerprint density at radius 3 is 1.19 bits per heavy atom. The molecule has 0 aliphatic heterocycles. The first kappa shape index (κ1) is 46.2. The highest BCUT2D eigenvalue weighted by Crippen LogP contribution is 2.17. The van der Waals surface area contributed by atoms with Gasteiger partial charge in [0.1, 0.15) is 0 Å². The van der Waals surface area contributed by atoms with E-state index < -0.39 is 0 Å². The van der Waals surface area contributed by atoms with Crippen LogP contribution in [-0.4, -0.2) is 12.6 Å². The van der Waals surface area contributed by atoms with Crippen molar-refractivity contribution in [1.82, 2.24) is 0 Å². The molecule has 0 saturated carbocycles. The summed E-state index contributed by atoms with van der Waals surface area (Å²) in [5.74, 6) is 0.955. The summed E-state index contributed by atoms with van der Waals surface area (Å²) >= 11 is 0. The summed E-state index contributed by atoms with van der Waals surface area (Å²) in [6.07, 6.45) is 54.6. The largest absolute Gasteiger partial charge is 0.466 e. The van der Waals surface area contributed by atoms with E-state index in [1.54, 1.807) is 0 Å². The van der Waals surface area contributed by atoms with Crippen LogP contribution in [0, 0.1) is 5.92 Å². The van der Waals surface area contributed by atoms with Gasteiger partial charge in [0.2, 0.25) is 0 Å². The minimum atomic E-state index is 0.0173. The second kappa shape index (κ2) is 41.4. The summed E-state index contributed by atoms with van der Waals surface area (Å²) in [6.45, 7) is 7.60. The molecule has 280 valence electrons.